The van der Waals surface area contributed by atoms with E-state index in [2.05, 4.69) is 36.5 Å². The topological polar surface area (TPSA) is 30.5 Å². The number of ether oxygens (including phenoxy) is 2. The number of halogens is 2. The molecule has 3 aromatic carbocycles. The molecule has 3 rings (SSSR count). The van der Waals surface area contributed by atoms with Crippen LogP contribution in [0.5, 0.6) is 11.5 Å². The van der Waals surface area contributed by atoms with Crippen molar-refractivity contribution in [3.8, 4) is 11.5 Å². The van der Waals surface area contributed by atoms with Crippen LogP contribution in [-0.2, 0) is 19.6 Å². The third kappa shape index (κ3) is 7.27. The van der Waals surface area contributed by atoms with E-state index in [9.17, 15) is 4.39 Å². The number of aryl methyl sites for hydroxylation is 1. The smallest absolute Gasteiger partial charge is 0.161 e. The SMILES string of the molecule is CCOc1cc(CN[C@@H](C)CCc2ccccc2)ccc1OCc1ccc(F)cc1Cl. The number of benzene rings is 3. The van der Waals surface area contributed by atoms with Crippen LogP contribution in [0, 0.1) is 5.82 Å². The van der Waals surface area contributed by atoms with Crippen LogP contribution in [0.4, 0.5) is 4.39 Å². The Morgan fingerprint density at radius 2 is 1.74 bits per heavy atom. The molecule has 164 valence electrons. The first-order valence-electron chi connectivity index (χ1n) is 10.6. The first-order valence-corrected chi connectivity index (χ1v) is 11.0. The highest BCUT2D eigenvalue weighted by molar-refractivity contribution is 6.31. The van der Waals surface area contributed by atoms with Gasteiger partial charge in [0, 0.05) is 18.2 Å². The van der Waals surface area contributed by atoms with Gasteiger partial charge < -0.3 is 14.8 Å². The Morgan fingerprint density at radius 3 is 2.48 bits per heavy atom. The third-order valence-corrected chi connectivity index (χ3v) is 5.42. The van der Waals surface area contributed by atoms with Crippen LogP contribution in [-0.4, -0.2) is 12.6 Å². The van der Waals surface area contributed by atoms with Crippen molar-refractivity contribution in [3.63, 3.8) is 0 Å². The van der Waals surface area contributed by atoms with Gasteiger partial charge in [0.05, 0.1) is 11.6 Å². The van der Waals surface area contributed by atoms with E-state index in [0.29, 0.717) is 29.2 Å². The molecule has 1 N–H and O–H groups in total. The normalized spacial score (nSPS) is 11.9. The summed E-state index contributed by atoms with van der Waals surface area (Å²) < 4.78 is 24.9. The first-order chi connectivity index (χ1) is 15.0. The number of rotatable bonds is 11. The zero-order valence-corrected chi connectivity index (χ0v) is 18.8. The van der Waals surface area contributed by atoms with Gasteiger partial charge in [0.1, 0.15) is 12.4 Å². The summed E-state index contributed by atoms with van der Waals surface area (Å²) in [7, 11) is 0. The second kappa shape index (κ2) is 11.7. The van der Waals surface area contributed by atoms with Gasteiger partial charge in [0.2, 0.25) is 0 Å². The molecule has 0 saturated carbocycles. The van der Waals surface area contributed by atoms with E-state index in [1.54, 1.807) is 6.07 Å². The minimum atomic E-state index is -0.362. The predicted octanol–water partition coefficient (Wildman–Crippen LogP) is 6.57. The predicted molar refractivity (Wildman–Crippen MR) is 124 cm³/mol. The molecule has 0 fully saturated rings. The van der Waals surface area contributed by atoms with Crippen molar-refractivity contribution in [2.75, 3.05) is 6.61 Å². The summed E-state index contributed by atoms with van der Waals surface area (Å²) in [5.41, 5.74) is 3.21. The fourth-order valence-corrected chi connectivity index (χ4v) is 3.49. The van der Waals surface area contributed by atoms with Gasteiger partial charge in [0.15, 0.2) is 11.5 Å². The lowest BCUT2D eigenvalue weighted by Gasteiger charge is -2.16. The number of hydrogen-bond donors (Lipinski definition) is 1. The molecule has 0 radical (unpaired) electrons. The Morgan fingerprint density at radius 1 is 0.935 bits per heavy atom. The molecule has 1 atom stereocenters. The Hall–Kier alpha value is -2.56. The largest absolute Gasteiger partial charge is 0.490 e. The monoisotopic (exact) mass is 441 g/mol. The molecule has 0 aromatic heterocycles. The summed E-state index contributed by atoms with van der Waals surface area (Å²) in [6.45, 7) is 5.68. The number of nitrogens with one attached hydrogen (secondary N) is 1. The molecule has 0 unspecified atom stereocenters. The van der Waals surface area contributed by atoms with Gasteiger partial charge in [0.25, 0.3) is 0 Å². The summed E-state index contributed by atoms with van der Waals surface area (Å²) in [6, 6.07) is 21.2. The third-order valence-electron chi connectivity index (χ3n) is 5.07. The molecule has 3 aromatic rings. The molecule has 0 bridgehead atoms. The molecule has 5 heteroatoms. The van der Waals surface area contributed by atoms with Crippen LogP contribution in [0.1, 0.15) is 37.0 Å². The van der Waals surface area contributed by atoms with E-state index in [1.807, 2.05) is 31.2 Å². The van der Waals surface area contributed by atoms with E-state index < -0.39 is 0 Å². The molecule has 0 aliphatic rings. The van der Waals surface area contributed by atoms with E-state index in [1.165, 1.54) is 17.7 Å². The first kappa shape index (κ1) is 23.1. The van der Waals surface area contributed by atoms with Crippen molar-refractivity contribution in [1.29, 1.82) is 0 Å². The van der Waals surface area contributed by atoms with Gasteiger partial charge in [-0.1, -0.05) is 54.1 Å². The standard InChI is InChI=1S/C26H29ClFNO2/c1-3-30-26-15-21(17-29-19(2)9-10-20-7-5-4-6-8-20)11-14-25(26)31-18-22-12-13-23(28)16-24(22)27/h4-8,11-16,19,29H,3,9-10,17-18H2,1-2H3/t19-/m0/s1. The summed E-state index contributed by atoms with van der Waals surface area (Å²) in [6.07, 6.45) is 2.12. The molecule has 0 aliphatic heterocycles. The van der Waals surface area contributed by atoms with Crippen molar-refractivity contribution in [2.45, 2.75) is 45.9 Å². The Bertz CT molecular complexity index is 965. The molecule has 0 spiro atoms. The number of hydrogen-bond acceptors (Lipinski definition) is 3. The van der Waals surface area contributed by atoms with Gasteiger partial charge >= 0.3 is 0 Å². The zero-order valence-electron chi connectivity index (χ0n) is 18.0. The zero-order chi connectivity index (χ0) is 22.1. The van der Waals surface area contributed by atoms with Crippen molar-refractivity contribution in [3.05, 3.63) is 94.3 Å². The van der Waals surface area contributed by atoms with Crippen LogP contribution < -0.4 is 14.8 Å². The molecule has 0 aliphatic carbocycles. The molecule has 0 heterocycles. The molecule has 0 saturated heterocycles. The highest BCUT2D eigenvalue weighted by atomic mass is 35.5. The highest BCUT2D eigenvalue weighted by Gasteiger charge is 2.10. The molecule has 31 heavy (non-hydrogen) atoms. The second-order valence-electron chi connectivity index (χ2n) is 7.54. The van der Waals surface area contributed by atoms with Crippen molar-refractivity contribution < 1.29 is 13.9 Å². The maximum Gasteiger partial charge on any atom is 0.161 e. The van der Waals surface area contributed by atoms with Crippen LogP contribution in [0.15, 0.2) is 66.7 Å². The highest BCUT2D eigenvalue weighted by Crippen LogP contribution is 2.30. The average molecular weight is 442 g/mol. The summed E-state index contributed by atoms with van der Waals surface area (Å²) in [4.78, 5) is 0. The fourth-order valence-electron chi connectivity index (χ4n) is 3.27. The lowest BCUT2D eigenvalue weighted by molar-refractivity contribution is 0.269. The quantitative estimate of drug-likeness (QED) is 0.365. The fraction of sp³-hybridized carbons (Fsp3) is 0.308. The van der Waals surface area contributed by atoms with Crippen LogP contribution in [0.3, 0.4) is 0 Å². The van der Waals surface area contributed by atoms with Gasteiger partial charge in [-0.15, -0.1) is 0 Å². The van der Waals surface area contributed by atoms with Crippen molar-refractivity contribution >= 4 is 11.6 Å². The Labute approximate surface area is 189 Å². The Kier molecular flexibility index (Phi) is 8.74. The average Bonchev–Trinajstić information content (AvgIpc) is 2.77. The van der Waals surface area contributed by atoms with Crippen LogP contribution >= 0.6 is 11.6 Å². The van der Waals surface area contributed by atoms with E-state index >= 15 is 0 Å². The molecule has 0 amide bonds. The maximum absolute atomic E-state index is 13.2. The second-order valence-corrected chi connectivity index (χ2v) is 7.95. The van der Waals surface area contributed by atoms with Crippen molar-refractivity contribution in [2.24, 2.45) is 0 Å². The van der Waals surface area contributed by atoms with Gasteiger partial charge in [-0.05, 0) is 62.1 Å². The lowest BCUT2D eigenvalue weighted by atomic mass is 10.1. The summed E-state index contributed by atoms with van der Waals surface area (Å²) in [5.74, 6) is 0.971. The van der Waals surface area contributed by atoms with Crippen LogP contribution in [0.2, 0.25) is 5.02 Å². The van der Waals surface area contributed by atoms with E-state index in [-0.39, 0.29) is 12.4 Å². The lowest BCUT2D eigenvalue weighted by Crippen LogP contribution is -2.26. The molecular weight excluding hydrogens is 413 g/mol. The van der Waals surface area contributed by atoms with Gasteiger partial charge in [-0.2, -0.15) is 0 Å². The minimum Gasteiger partial charge on any atom is -0.490 e. The molecule has 3 nitrogen and oxygen atoms in total. The van der Waals surface area contributed by atoms with E-state index in [0.717, 1.165) is 30.5 Å². The molecular formula is C26H29ClFNO2. The minimum absolute atomic E-state index is 0.243. The van der Waals surface area contributed by atoms with Crippen molar-refractivity contribution in [1.82, 2.24) is 5.32 Å². The van der Waals surface area contributed by atoms with E-state index in [4.69, 9.17) is 21.1 Å². The van der Waals surface area contributed by atoms with Crippen LogP contribution in [0.25, 0.3) is 0 Å². The Balaban J connectivity index is 1.56. The van der Waals surface area contributed by atoms with Gasteiger partial charge in [-0.3, -0.25) is 0 Å². The summed E-state index contributed by atoms with van der Waals surface area (Å²) in [5, 5.41) is 3.93. The maximum atomic E-state index is 13.2. The summed E-state index contributed by atoms with van der Waals surface area (Å²) >= 11 is 6.10. The van der Waals surface area contributed by atoms with Gasteiger partial charge in [-0.25, -0.2) is 4.39 Å².